The first-order valence-electron chi connectivity index (χ1n) is 7.37. The van der Waals surface area contributed by atoms with Gasteiger partial charge >= 0.3 is 0 Å². The molecule has 2 saturated carbocycles. The Balaban J connectivity index is 2.03. The number of ketones is 1. The molecule has 0 saturated heterocycles. The summed E-state index contributed by atoms with van der Waals surface area (Å²) in [7, 11) is 0. The number of carbonyl (C=O) groups excluding carboxylic acids is 1. The van der Waals surface area contributed by atoms with E-state index >= 15 is 0 Å². The highest BCUT2D eigenvalue weighted by atomic mass is 16.1. The van der Waals surface area contributed by atoms with E-state index in [4.69, 9.17) is 0 Å². The molecule has 2 nitrogen and oxygen atoms in total. The van der Waals surface area contributed by atoms with Gasteiger partial charge < -0.3 is 4.57 Å². The van der Waals surface area contributed by atoms with Crippen molar-refractivity contribution in [3.63, 3.8) is 0 Å². The highest BCUT2D eigenvalue weighted by Crippen LogP contribution is 2.46. The lowest BCUT2D eigenvalue weighted by molar-refractivity contribution is -0.130. The molecule has 1 aromatic heterocycles. The molecule has 0 bridgehead atoms. The second kappa shape index (κ2) is 4.25. The average Bonchev–Trinajstić information content (AvgIpc) is 2.91. The van der Waals surface area contributed by atoms with Crippen molar-refractivity contribution in [2.24, 2.45) is 5.92 Å². The second-order valence-electron chi connectivity index (χ2n) is 6.33. The zero-order valence-corrected chi connectivity index (χ0v) is 11.5. The molecular formula is C16H23NO. The predicted octanol–water partition coefficient (Wildman–Crippen LogP) is 3.86. The summed E-state index contributed by atoms with van der Waals surface area (Å²) in [4.78, 5) is 12.7. The van der Waals surface area contributed by atoms with Crippen molar-refractivity contribution in [3.05, 3.63) is 24.0 Å². The van der Waals surface area contributed by atoms with E-state index in [0.29, 0.717) is 5.78 Å². The fourth-order valence-corrected chi connectivity index (χ4v) is 3.60. The largest absolute Gasteiger partial charge is 0.338 e. The molecule has 2 heteroatoms. The highest BCUT2D eigenvalue weighted by Gasteiger charge is 2.45. The van der Waals surface area contributed by atoms with Crippen LogP contribution in [0.4, 0.5) is 0 Å². The molecule has 1 aromatic rings. The van der Waals surface area contributed by atoms with Crippen molar-refractivity contribution in [1.82, 2.24) is 4.57 Å². The normalized spacial score (nSPS) is 22.6. The van der Waals surface area contributed by atoms with E-state index in [9.17, 15) is 4.79 Å². The van der Waals surface area contributed by atoms with Crippen LogP contribution in [0.25, 0.3) is 0 Å². The molecule has 1 heterocycles. The minimum atomic E-state index is -0.213. The Morgan fingerprint density at radius 3 is 2.56 bits per heavy atom. The van der Waals surface area contributed by atoms with Crippen LogP contribution in [0, 0.1) is 5.92 Å². The summed E-state index contributed by atoms with van der Waals surface area (Å²) in [6.45, 7) is 4.09. The van der Waals surface area contributed by atoms with Gasteiger partial charge in [0.15, 0.2) is 5.78 Å². The Bertz CT molecular complexity index is 447. The molecule has 0 radical (unpaired) electrons. The molecule has 0 aromatic carbocycles. The second-order valence-corrected chi connectivity index (χ2v) is 6.33. The zero-order valence-electron chi connectivity index (χ0n) is 11.5. The van der Waals surface area contributed by atoms with Gasteiger partial charge in [-0.15, -0.1) is 0 Å². The third-order valence-corrected chi connectivity index (χ3v) is 4.65. The van der Waals surface area contributed by atoms with Gasteiger partial charge in [-0.25, -0.2) is 0 Å². The summed E-state index contributed by atoms with van der Waals surface area (Å²) in [5.74, 6) is 1.30. The maximum absolute atomic E-state index is 12.7. The molecule has 3 rings (SSSR count). The quantitative estimate of drug-likeness (QED) is 0.789. The van der Waals surface area contributed by atoms with Crippen molar-refractivity contribution in [2.45, 2.75) is 63.8 Å². The molecule has 2 aliphatic rings. The first-order valence-corrected chi connectivity index (χ1v) is 7.37. The van der Waals surface area contributed by atoms with Crippen molar-refractivity contribution in [2.75, 3.05) is 0 Å². The molecule has 0 aliphatic heterocycles. The number of hydrogen-bond donors (Lipinski definition) is 0. The average molecular weight is 245 g/mol. The van der Waals surface area contributed by atoms with E-state index in [1.807, 2.05) is 13.8 Å². The summed E-state index contributed by atoms with van der Waals surface area (Å²) in [5.41, 5.74) is 1.20. The van der Waals surface area contributed by atoms with Gasteiger partial charge in [0.25, 0.3) is 0 Å². The number of Topliss-reactive ketones (excluding diaryl/α,β-unsaturated/α-hetero) is 1. The van der Waals surface area contributed by atoms with Crippen LogP contribution in [-0.4, -0.2) is 10.4 Å². The van der Waals surface area contributed by atoms with Crippen LogP contribution in [0.5, 0.6) is 0 Å². The van der Waals surface area contributed by atoms with E-state index in [1.54, 1.807) is 0 Å². The van der Waals surface area contributed by atoms with Gasteiger partial charge in [-0.1, -0.05) is 26.7 Å². The van der Waals surface area contributed by atoms with E-state index in [0.717, 1.165) is 18.8 Å². The first-order chi connectivity index (χ1) is 8.65. The Morgan fingerprint density at radius 1 is 1.33 bits per heavy atom. The van der Waals surface area contributed by atoms with Crippen LogP contribution in [0.3, 0.4) is 0 Å². The van der Waals surface area contributed by atoms with Crippen molar-refractivity contribution < 1.29 is 4.79 Å². The zero-order chi connectivity index (χ0) is 12.8. The van der Waals surface area contributed by atoms with Gasteiger partial charge in [0, 0.05) is 17.8 Å². The van der Waals surface area contributed by atoms with Gasteiger partial charge in [-0.05, 0) is 43.7 Å². The van der Waals surface area contributed by atoms with Crippen LogP contribution in [0.15, 0.2) is 18.3 Å². The van der Waals surface area contributed by atoms with E-state index in [2.05, 4.69) is 22.9 Å². The van der Waals surface area contributed by atoms with Crippen molar-refractivity contribution >= 4 is 5.78 Å². The van der Waals surface area contributed by atoms with Crippen LogP contribution in [-0.2, 0) is 10.3 Å². The predicted molar refractivity (Wildman–Crippen MR) is 72.7 cm³/mol. The number of rotatable bonds is 4. The highest BCUT2D eigenvalue weighted by molar-refractivity contribution is 5.88. The molecule has 0 N–H and O–H groups in total. The summed E-state index contributed by atoms with van der Waals surface area (Å²) in [6, 6.07) is 4.35. The number of hydrogen-bond acceptors (Lipinski definition) is 1. The molecule has 0 atom stereocenters. The standard InChI is InChI=1S/C16H23NO/c1-12(2)15(18)16(9-3-4-10-16)17-11-5-6-14(17)13-7-8-13/h5-6,11-13H,3-4,7-10H2,1-2H3. The molecule has 0 amide bonds. The van der Waals surface area contributed by atoms with E-state index in [1.165, 1.54) is 31.4 Å². The Hall–Kier alpha value is -1.05. The summed E-state index contributed by atoms with van der Waals surface area (Å²) >= 11 is 0. The van der Waals surface area contributed by atoms with Crippen LogP contribution in [0.1, 0.15) is 64.0 Å². The Morgan fingerprint density at radius 2 is 2.00 bits per heavy atom. The minimum absolute atomic E-state index is 0.137. The van der Waals surface area contributed by atoms with E-state index < -0.39 is 0 Å². The number of carbonyl (C=O) groups is 1. The molecule has 0 spiro atoms. The third-order valence-electron chi connectivity index (χ3n) is 4.65. The molecular weight excluding hydrogens is 222 g/mol. The molecule has 98 valence electrons. The molecule has 2 fully saturated rings. The lowest BCUT2D eigenvalue weighted by Gasteiger charge is -2.33. The summed E-state index contributed by atoms with van der Waals surface area (Å²) in [5, 5.41) is 0. The smallest absolute Gasteiger partial charge is 0.161 e. The van der Waals surface area contributed by atoms with E-state index in [-0.39, 0.29) is 11.5 Å². The lowest BCUT2D eigenvalue weighted by Crippen LogP contribution is -2.42. The minimum Gasteiger partial charge on any atom is -0.338 e. The van der Waals surface area contributed by atoms with Gasteiger partial charge in [-0.2, -0.15) is 0 Å². The summed E-state index contributed by atoms with van der Waals surface area (Å²) < 4.78 is 2.35. The number of aromatic nitrogens is 1. The monoisotopic (exact) mass is 245 g/mol. The SMILES string of the molecule is CC(C)C(=O)C1(n2cccc2C2CC2)CCCC1. The maximum Gasteiger partial charge on any atom is 0.161 e. The maximum atomic E-state index is 12.7. The number of nitrogens with zero attached hydrogens (tertiary/aromatic N) is 1. The van der Waals surface area contributed by atoms with Crippen molar-refractivity contribution in [3.8, 4) is 0 Å². The van der Waals surface area contributed by atoms with Gasteiger partial charge in [-0.3, -0.25) is 4.79 Å². The summed E-state index contributed by atoms with van der Waals surface area (Å²) in [6.07, 6.45) is 9.23. The van der Waals surface area contributed by atoms with Crippen molar-refractivity contribution in [1.29, 1.82) is 0 Å². The molecule has 18 heavy (non-hydrogen) atoms. The van der Waals surface area contributed by atoms with Gasteiger partial charge in [0.2, 0.25) is 0 Å². The first kappa shape index (κ1) is 12.0. The molecule has 0 unspecified atom stereocenters. The van der Waals surface area contributed by atoms with Gasteiger partial charge in [0.05, 0.1) is 0 Å². The topological polar surface area (TPSA) is 22.0 Å². The Labute approximate surface area is 109 Å². The van der Waals surface area contributed by atoms with Crippen LogP contribution < -0.4 is 0 Å². The van der Waals surface area contributed by atoms with Crippen LogP contribution in [0.2, 0.25) is 0 Å². The van der Waals surface area contributed by atoms with Crippen LogP contribution >= 0.6 is 0 Å². The third kappa shape index (κ3) is 1.73. The lowest BCUT2D eigenvalue weighted by atomic mass is 9.85. The Kier molecular flexibility index (Phi) is 2.84. The molecule has 2 aliphatic carbocycles. The fourth-order valence-electron chi connectivity index (χ4n) is 3.60. The van der Waals surface area contributed by atoms with Gasteiger partial charge in [0.1, 0.15) is 5.54 Å². The fraction of sp³-hybridized carbons (Fsp3) is 0.688.